The van der Waals surface area contributed by atoms with E-state index < -0.39 is 6.04 Å². The van der Waals surface area contributed by atoms with E-state index in [1.165, 1.54) is 6.42 Å². The molecule has 0 unspecified atom stereocenters. The smallest absolute Gasteiger partial charge is 0.246 e. The summed E-state index contributed by atoms with van der Waals surface area (Å²) in [6.07, 6.45) is 12.5. The maximum Gasteiger partial charge on any atom is 0.246 e. The number of fused-ring (bicyclic) bond motifs is 4. The minimum Gasteiger partial charge on any atom is -0.491 e. The minimum absolute atomic E-state index is 0.0210. The number of rotatable bonds is 19. The van der Waals surface area contributed by atoms with Crippen LogP contribution in [0, 0.1) is 5.92 Å². The average molecular weight is 896 g/mol. The number of hydrogen-bond donors (Lipinski definition) is 3. The Balaban J connectivity index is 0.725. The normalized spacial score (nSPS) is 16.6. The van der Waals surface area contributed by atoms with Crippen LogP contribution in [0.4, 0.5) is 0 Å². The van der Waals surface area contributed by atoms with Gasteiger partial charge in [0.05, 0.1) is 44.2 Å². The van der Waals surface area contributed by atoms with Crippen molar-refractivity contribution in [3.05, 3.63) is 102 Å². The van der Waals surface area contributed by atoms with Gasteiger partial charge in [-0.3, -0.25) is 14.6 Å². The second-order valence-electron chi connectivity index (χ2n) is 16.9. The van der Waals surface area contributed by atoms with Crippen LogP contribution in [0.2, 0.25) is 0 Å². The lowest BCUT2D eigenvalue weighted by Gasteiger charge is -2.35. The zero-order chi connectivity index (χ0) is 44.5. The monoisotopic (exact) mass is 895 g/mol. The standard InChI is InChI=1S/C51H57N7O6S/c1-33(52-2)49(59)57-48(34-9-4-3-5-10-34)51(60)58-22-8-13-45(58)50-56-44(32-65-50)38-17-18-46(40-12-7-6-11-37(38)40)63-27-25-61-23-24-62-26-28-64-47-19-15-36(30-54-47)35-14-16-39-41-31-53-21-20-42(41)55-43(39)29-35/h6-7,11-12,14-21,29-34,45,48,52,55H,3-5,8-10,13,22-28H2,1-2H3,(H,57,59)/t33-,45-,48-/m0/s1. The highest BCUT2D eigenvalue weighted by atomic mass is 32.1. The number of pyridine rings is 2. The fourth-order valence-electron chi connectivity index (χ4n) is 9.21. The highest BCUT2D eigenvalue weighted by Gasteiger charge is 2.40. The lowest BCUT2D eigenvalue weighted by molar-refractivity contribution is -0.139. The Kier molecular flexibility index (Phi) is 14.3. The molecule has 1 aliphatic heterocycles. The molecule has 1 saturated carbocycles. The lowest BCUT2D eigenvalue weighted by Crippen LogP contribution is -2.55. The number of likely N-dealkylation sites (N-methyl/N-ethyl adjacent to an activating group) is 1. The molecule has 338 valence electrons. The summed E-state index contributed by atoms with van der Waals surface area (Å²) in [7, 11) is 1.77. The summed E-state index contributed by atoms with van der Waals surface area (Å²) in [5.41, 5.74) is 6.11. The van der Waals surface area contributed by atoms with E-state index in [1.54, 1.807) is 24.6 Å². The van der Waals surface area contributed by atoms with E-state index in [4.69, 9.17) is 23.9 Å². The molecule has 3 aromatic carbocycles. The van der Waals surface area contributed by atoms with Gasteiger partial charge in [0.15, 0.2) is 0 Å². The lowest BCUT2D eigenvalue weighted by atomic mass is 9.83. The van der Waals surface area contributed by atoms with Crippen molar-refractivity contribution in [2.45, 2.75) is 70.0 Å². The number of aromatic nitrogens is 4. The molecule has 5 heterocycles. The number of hydrogen-bond acceptors (Lipinski definition) is 11. The van der Waals surface area contributed by atoms with Crippen molar-refractivity contribution < 1.29 is 28.5 Å². The molecule has 9 rings (SSSR count). The third kappa shape index (κ3) is 10.2. The van der Waals surface area contributed by atoms with Crippen molar-refractivity contribution in [2.24, 2.45) is 5.92 Å². The largest absolute Gasteiger partial charge is 0.491 e. The van der Waals surface area contributed by atoms with Crippen molar-refractivity contribution in [1.82, 2.24) is 35.5 Å². The van der Waals surface area contributed by atoms with E-state index in [2.05, 4.69) is 67.4 Å². The average Bonchev–Trinajstić information content (AvgIpc) is 4.13. The van der Waals surface area contributed by atoms with Crippen LogP contribution in [0.15, 0.2) is 96.8 Å². The Morgan fingerprint density at radius 2 is 1.58 bits per heavy atom. The Labute approximate surface area is 383 Å². The predicted molar refractivity (Wildman–Crippen MR) is 255 cm³/mol. The van der Waals surface area contributed by atoms with Crippen molar-refractivity contribution >= 4 is 55.7 Å². The SMILES string of the molecule is CN[C@@H](C)C(=O)N[C@H](C(=O)N1CCC[C@H]1c1nc(-c2ccc(OCCOCCOCCOc3ccc(-c4ccc5c(c4)[nH]c4ccncc45)cn3)c3ccccc23)cs1)C1CCCCC1. The first-order chi connectivity index (χ1) is 31.9. The molecule has 2 fully saturated rings. The first-order valence-electron chi connectivity index (χ1n) is 22.9. The molecule has 4 aromatic heterocycles. The van der Waals surface area contributed by atoms with E-state index in [9.17, 15) is 9.59 Å². The molecule has 3 N–H and O–H groups in total. The zero-order valence-corrected chi connectivity index (χ0v) is 37.9. The van der Waals surface area contributed by atoms with Gasteiger partial charge in [0.2, 0.25) is 17.7 Å². The van der Waals surface area contributed by atoms with Crippen LogP contribution < -0.4 is 20.1 Å². The highest BCUT2D eigenvalue weighted by Crippen LogP contribution is 2.40. The van der Waals surface area contributed by atoms with Gasteiger partial charge in [0.25, 0.3) is 0 Å². The predicted octanol–water partition coefficient (Wildman–Crippen LogP) is 8.88. The van der Waals surface area contributed by atoms with Gasteiger partial charge in [0.1, 0.15) is 30.0 Å². The number of benzene rings is 3. The van der Waals surface area contributed by atoms with Crippen LogP contribution >= 0.6 is 11.3 Å². The van der Waals surface area contributed by atoms with E-state index >= 15 is 0 Å². The Morgan fingerprint density at radius 1 is 0.800 bits per heavy atom. The number of ether oxygens (including phenoxy) is 4. The van der Waals surface area contributed by atoms with Gasteiger partial charge < -0.3 is 39.5 Å². The summed E-state index contributed by atoms with van der Waals surface area (Å²) in [5, 5.41) is 13.5. The van der Waals surface area contributed by atoms with Gasteiger partial charge in [-0.05, 0) is 86.9 Å². The van der Waals surface area contributed by atoms with Crippen LogP contribution in [-0.4, -0.2) is 102 Å². The number of thiazole rings is 1. The van der Waals surface area contributed by atoms with E-state index in [0.717, 1.165) is 104 Å². The molecular weight excluding hydrogens is 839 g/mol. The van der Waals surface area contributed by atoms with Crippen LogP contribution in [-0.2, 0) is 19.1 Å². The van der Waals surface area contributed by atoms with Crippen molar-refractivity contribution in [3.63, 3.8) is 0 Å². The number of likely N-dealkylation sites (tertiary alicyclic amines) is 1. The summed E-state index contributed by atoms with van der Waals surface area (Å²) in [5.74, 6) is 1.36. The third-order valence-corrected chi connectivity index (χ3v) is 13.8. The molecular formula is C51H57N7O6S. The topological polar surface area (TPSA) is 153 Å². The first kappa shape index (κ1) is 44.3. The molecule has 3 atom stereocenters. The molecule has 13 nitrogen and oxygen atoms in total. The summed E-state index contributed by atoms with van der Waals surface area (Å²) in [6, 6.07) is 23.5. The number of nitrogens with zero attached hydrogens (tertiary/aromatic N) is 4. The Morgan fingerprint density at radius 3 is 2.38 bits per heavy atom. The highest BCUT2D eigenvalue weighted by molar-refractivity contribution is 7.10. The molecule has 2 amide bonds. The number of amides is 2. The van der Waals surface area contributed by atoms with Gasteiger partial charge in [-0.2, -0.15) is 0 Å². The van der Waals surface area contributed by atoms with Crippen molar-refractivity contribution in [1.29, 1.82) is 0 Å². The maximum absolute atomic E-state index is 14.3. The van der Waals surface area contributed by atoms with Crippen LogP contribution in [0.5, 0.6) is 11.6 Å². The number of H-pyrrole nitrogens is 1. The molecule has 7 aromatic rings. The Hall–Kier alpha value is -5.93. The van der Waals surface area contributed by atoms with Gasteiger partial charge in [-0.25, -0.2) is 9.97 Å². The van der Waals surface area contributed by atoms with Gasteiger partial charge in [-0.1, -0.05) is 55.7 Å². The molecule has 2 aliphatic rings. The van der Waals surface area contributed by atoms with Gasteiger partial charge in [-0.15, -0.1) is 11.3 Å². The van der Waals surface area contributed by atoms with Crippen molar-refractivity contribution in [2.75, 3.05) is 53.2 Å². The quantitative estimate of drug-likeness (QED) is 0.0672. The summed E-state index contributed by atoms with van der Waals surface area (Å²) < 4.78 is 23.6. The summed E-state index contributed by atoms with van der Waals surface area (Å²) in [4.78, 5) is 46.7. The fourth-order valence-corrected chi connectivity index (χ4v) is 10.2. The zero-order valence-electron chi connectivity index (χ0n) is 37.1. The molecule has 14 heteroatoms. The molecule has 1 aliphatic carbocycles. The molecule has 0 spiro atoms. The molecule has 0 radical (unpaired) electrons. The second kappa shape index (κ2) is 20.9. The summed E-state index contributed by atoms with van der Waals surface area (Å²) in [6.45, 7) is 4.99. The minimum atomic E-state index is -0.521. The number of carbonyl (C=O) groups is 2. The fraction of sp³-hybridized carbons (Fsp3) is 0.392. The van der Waals surface area contributed by atoms with E-state index in [-0.39, 0.29) is 29.8 Å². The first-order valence-corrected chi connectivity index (χ1v) is 23.8. The van der Waals surface area contributed by atoms with Gasteiger partial charge >= 0.3 is 0 Å². The summed E-state index contributed by atoms with van der Waals surface area (Å²) >= 11 is 1.60. The molecule has 0 bridgehead atoms. The third-order valence-electron chi connectivity index (χ3n) is 12.8. The molecule has 1 saturated heterocycles. The number of carbonyl (C=O) groups excluding carboxylic acids is 2. The molecule has 65 heavy (non-hydrogen) atoms. The van der Waals surface area contributed by atoms with Crippen LogP contribution in [0.3, 0.4) is 0 Å². The number of nitrogens with one attached hydrogen (secondary N) is 3. The second-order valence-corrected chi connectivity index (χ2v) is 17.8. The van der Waals surface area contributed by atoms with Crippen LogP contribution in [0.1, 0.15) is 62.9 Å². The van der Waals surface area contributed by atoms with Crippen molar-refractivity contribution in [3.8, 4) is 34.0 Å². The maximum atomic E-state index is 14.3. The Bertz CT molecular complexity index is 2720. The van der Waals surface area contributed by atoms with E-state index in [1.807, 2.05) is 60.6 Å². The van der Waals surface area contributed by atoms with Gasteiger partial charge in [0, 0.05) is 74.9 Å². The van der Waals surface area contributed by atoms with E-state index in [0.29, 0.717) is 52.1 Å². The number of aromatic amines is 1. The van der Waals surface area contributed by atoms with Crippen LogP contribution in [0.25, 0.3) is 55.0 Å².